The Labute approximate surface area is 321 Å². The highest BCUT2D eigenvalue weighted by Crippen LogP contribution is 2.46. The monoisotopic (exact) mass is 716 g/mol. The molecular formula is C52H32N2S. The number of fused-ring (bicyclic) bond motifs is 11. The molecule has 0 radical (unpaired) electrons. The van der Waals surface area contributed by atoms with Crippen molar-refractivity contribution >= 4 is 113 Å². The van der Waals surface area contributed by atoms with Crippen LogP contribution in [0.5, 0.6) is 0 Å². The maximum absolute atomic E-state index is 2.49. The van der Waals surface area contributed by atoms with Gasteiger partial charge < -0.3 is 9.47 Å². The summed E-state index contributed by atoms with van der Waals surface area (Å²) < 4.78 is 5.02. The molecule has 2 nitrogen and oxygen atoms in total. The zero-order valence-electron chi connectivity index (χ0n) is 29.8. The molecule has 2 heterocycles. The van der Waals surface area contributed by atoms with Crippen LogP contribution in [0.4, 0.5) is 17.1 Å². The third-order valence-electron chi connectivity index (χ3n) is 11.5. The van der Waals surface area contributed by atoms with E-state index < -0.39 is 0 Å². The Morgan fingerprint density at radius 1 is 0.327 bits per heavy atom. The van der Waals surface area contributed by atoms with Crippen LogP contribution >= 0.6 is 11.3 Å². The van der Waals surface area contributed by atoms with Crippen LogP contribution in [0, 0.1) is 0 Å². The number of anilines is 3. The first-order valence-corrected chi connectivity index (χ1v) is 19.6. The number of hydrogen-bond donors (Lipinski definition) is 0. The summed E-state index contributed by atoms with van der Waals surface area (Å²) in [4.78, 5) is 2.49. The van der Waals surface area contributed by atoms with Gasteiger partial charge in [0.1, 0.15) is 0 Å². The summed E-state index contributed by atoms with van der Waals surface area (Å²) in [6, 6.07) is 71.7. The Morgan fingerprint density at radius 2 is 0.891 bits per heavy atom. The van der Waals surface area contributed by atoms with Gasteiger partial charge in [0.15, 0.2) is 0 Å². The molecule has 10 aromatic carbocycles. The maximum Gasteiger partial charge on any atom is 0.0547 e. The molecule has 0 amide bonds. The molecular weight excluding hydrogens is 685 g/mol. The minimum atomic E-state index is 1.12. The van der Waals surface area contributed by atoms with Crippen molar-refractivity contribution in [3.63, 3.8) is 0 Å². The molecule has 256 valence electrons. The molecule has 2 aromatic heterocycles. The molecule has 0 aliphatic carbocycles. The average molecular weight is 717 g/mol. The lowest BCUT2D eigenvalue weighted by Crippen LogP contribution is -2.10. The second kappa shape index (κ2) is 11.8. The van der Waals surface area contributed by atoms with Crippen molar-refractivity contribution in [1.29, 1.82) is 0 Å². The summed E-state index contributed by atoms with van der Waals surface area (Å²) in [6.07, 6.45) is 0. The highest BCUT2D eigenvalue weighted by atomic mass is 32.1. The van der Waals surface area contributed by atoms with Crippen molar-refractivity contribution in [2.45, 2.75) is 0 Å². The lowest BCUT2D eigenvalue weighted by molar-refractivity contribution is 1.18. The second-order valence-corrected chi connectivity index (χ2v) is 15.6. The molecule has 0 aliphatic heterocycles. The molecule has 0 spiro atoms. The van der Waals surface area contributed by atoms with Crippen molar-refractivity contribution < 1.29 is 0 Å². The first-order valence-electron chi connectivity index (χ1n) is 18.8. The van der Waals surface area contributed by atoms with Crippen molar-refractivity contribution in [1.82, 2.24) is 4.57 Å². The molecule has 0 aliphatic rings. The average Bonchev–Trinajstić information content (AvgIpc) is 3.76. The van der Waals surface area contributed by atoms with E-state index in [1.807, 2.05) is 11.3 Å². The van der Waals surface area contributed by atoms with Crippen LogP contribution in [0.2, 0.25) is 0 Å². The van der Waals surface area contributed by atoms with Crippen LogP contribution in [-0.2, 0) is 0 Å². The van der Waals surface area contributed by atoms with Crippen LogP contribution in [0.1, 0.15) is 0 Å². The van der Waals surface area contributed by atoms with E-state index in [-0.39, 0.29) is 0 Å². The standard InChI is InChI=1S/C52H32N2S/c1-2-17-38(18-3-1)54-48-25-23-39(31-46(48)45-26-33-12-4-6-14-35(33)28-50(45)54)53(49-29-37-16-8-9-19-41(37)42-20-10-11-21-43(42)49)40-22-24-44-47-27-34-13-5-7-15-36(34)30-51(47)55-52(44)32-40/h1-32H. The van der Waals surface area contributed by atoms with Gasteiger partial charge in [0.2, 0.25) is 0 Å². The van der Waals surface area contributed by atoms with Crippen LogP contribution < -0.4 is 4.90 Å². The summed E-state index contributed by atoms with van der Waals surface area (Å²) in [5, 5.41) is 15.1. The van der Waals surface area contributed by atoms with E-state index >= 15 is 0 Å². The molecule has 12 rings (SSSR count). The van der Waals surface area contributed by atoms with Crippen LogP contribution in [0.25, 0.3) is 90.8 Å². The van der Waals surface area contributed by atoms with Gasteiger partial charge in [0.25, 0.3) is 0 Å². The molecule has 3 heteroatoms. The Hall–Kier alpha value is -6.94. The number of aromatic nitrogens is 1. The van der Waals surface area contributed by atoms with Gasteiger partial charge in [0.05, 0.1) is 16.7 Å². The molecule has 12 aromatic rings. The number of para-hydroxylation sites is 1. The number of hydrogen-bond acceptors (Lipinski definition) is 2. The van der Waals surface area contributed by atoms with Crippen LogP contribution in [0.15, 0.2) is 194 Å². The topological polar surface area (TPSA) is 8.17 Å². The van der Waals surface area contributed by atoms with E-state index in [0.29, 0.717) is 0 Å². The highest BCUT2D eigenvalue weighted by molar-refractivity contribution is 7.26. The van der Waals surface area contributed by atoms with Gasteiger partial charge in [0, 0.05) is 53.4 Å². The van der Waals surface area contributed by atoms with Crippen LogP contribution in [-0.4, -0.2) is 4.57 Å². The SMILES string of the molecule is c1ccc(-n2c3ccc(N(c4ccc5c(c4)sc4cc6ccccc6cc45)c4cc5ccccc5c5ccccc45)cc3c3cc4ccccc4cc32)cc1. The summed E-state index contributed by atoms with van der Waals surface area (Å²) in [6.45, 7) is 0. The zero-order chi connectivity index (χ0) is 36.0. The zero-order valence-corrected chi connectivity index (χ0v) is 30.6. The first kappa shape index (κ1) is 30.5. The summed E-state index contributed by atoms with van der Waals surface area (Å²) in [7, 11) is 0. The van der Waals surface area contributed by atoms with Gasteiger partial charge in [-0.2, -0.15) is 0 Å². The predicted octanol–water partition coefficient (Wildman–Crippen LogP) is 15.2. The Morgan fingerprint density at radius 3 is 1.67 bits per heavy atom. The molecule has 0 unspecified atom stereocenters. The summed E-state index contributed by atoms with van der Waals surface area (Å²) in [5.41, 5.74) is 6.98. The minimum Gasteiger partial charge on any atom is -0.310 e. The van der Waals surface area contributed by atoms with Crippen molar-refractivity contribution in [2.75, 3.05) is 4.90 Å². The van der Waals surface area contributed by atoms with E-state index in [4.69, 9.17) is 0 Å². The van der Waals surface area contributed by atoms with Crippen molar-refractivity contribution in [2.24, 2.45) is 0 Å². The predicted molar refractivity (Wildman–Crippen MR) is 238 cm³/mol. The fraction of sp³-hybridized carbons (Fsp3) is 0. The maximum atomic E-state index is 2.49. The van der Waals surface area contributed by atoms with Gasteiger partial charge in [-0.3, -0.25) is 0 Å². The van der Waals surface area contributed by atoms with Crippen molar-refractivity contribution in [3.8, 4) is 5.69 Å². The molecule has 0 saturated carbocycles. The van der Waals surface area contributed by atoms with E-state index in [0.717, 1.165) is 22.7 Å². The second-order valence-electron chi connectivity index (χ2n) is 14.6. The molecule has 55 heavy (non-hydrogen) atoms. The lowest BCUT2D eigenvalue weighted by Gasteiger charge is -2.28. The lowest BCUT2D eigenvalue weighted by atomic mass is 9.98. The quantitative estimate of drug-likeness (QED) is 0.165. The van der Waals surface area contributed by atoms with E-state index in [9.17, 15) is 0 Å². The van der Waals surface area contributed by atoms with Crippen LogP contribution in [0.3, 0.4) is 0 Å². The summed E-state index contributed by atoms with van der Waals surface area (Å²) >= 11 is 1.88. The van der Waals surface area contributed by atoms with E-state index in [1.165, 1.54) is 85.1 Å². The van der Waals surface area contributed by atoms with Gasteiger partial charge in [-0.25, -0.2) is 0 Å². The molecule has 0 fully saturated rings. The number of benzene rings is 10. The number of nitrogens with zero attached hydrogens (tertiary/aromatic N) is 2. The van der Waals surface area contributed by atoms with E-state index in [2.05, 4.69) is 204 Å². The summed E-state index contributed by atoms with van der Waals surface area (Å²) in [5.74, 6) is 0. The van der Waals surface area contributed by atoms with Gasteiger partial charge in [-0.1, -0.05) is 121 Å². The fourth-order valence-electron chi connectivity index (χ4n) is 8.92. The highest BCUT2D eigenvalue weighted by Gasteiger charge is 2.21. The molecule has 0 saturated heterocycles. The number of rotatable bonds is 4. The molecule has 0 N–H and O–H groups in total. The van der Waals surface area contributed by atoms with Gasteiger partial charge in [-0.05, 0) is 110 Å². The number of thiophene rings is 1. The van der Waals surface area contributed by atoms with E-state index in [1.54, 1.807) is 0 Å². The fourth-order valence-corrected chi connectivity index (χ4v) is 10.1. The largest absolute Gasteiger partial charge is 0.310 e. The Kier molecular flexibility index (Phi) is 6.54. The van der Waals surface area contributed by atoms with Gasteiger partial charge in [-0.15, -0.1) is 11.3 Å². The smallest absolute Gasteiger partial charge is 0.0547 e. The molecule has 0 bridgehead atoms. The Balaban J connectivity index is 1.16. The first-order chi connectivity index (χ1) is 27.2. The third kappa shape index (κ3) is 4.67. The normalized spacial score (nSPS) is 12.0. The Bertz CT molecular complexity index is 3500. The minimum absolute atomic E-state index is 1.12. The molecule has 0 atom stereocenters. The van der Waals surface area contributed by atoms with Crippen molar-refractivity contribution in [3.05, 3.63) is 194 Å². The third-order valence-corrected chi connectivity index (χ3v) is 12.6. The van der Waals surface area contributed by atoms with Gasteiger partial charge >= 0.3 is 0 Å².